The van der Waals surface area contributed by atoms with Crippen molar-refractivity contribution < 1.29 is 4.74 Å². The quantitative estimate of drug-likeness (QED) is 0.936. The predicted molar refractivity (Wildman–Crippen MR) is 85.3 cm³/mol. The Balaban J connectivity index is 1.76. The van der Waals surface area contributed by atoms with Gasteiger partial charge in [-0.3, -0.25) is 4.90 Å². The monoisotopic (exact) mass is 282 g/mol. The Morgan fingerprint density at radius 2 is 1.76 bits per heavy atom. The first-order valence-corrected chi connectivity index (χ1v) is 7.57. The molecule has 21 heavy (non-hydrogen) atoms. The molecule has 1 aliphatic rings. The highest BCUT2D eigenvalue weighted by Gasteiger charge is 2.15. The Bertz CT molecular complexity index is 597. The molecular weight excluding hydrogens is 260 g/mol. The van der Waals surface area contributed by atoms with E-state index in [2.05, 4.69) is 47.4 Å². The molecule has 110 valence electrons. The predicted octanol–water partition coefficient (Wildman–Crippen LogP) is 2.58. The van der Waals surface area contributed by atoms with Crippen LogP contribution in [0.1, 0.15) is 16.7 Å². The van der Waals surface area contributed by atoms with Crippen molar-refractivity contribution in [1.82, 2.24) is 4.90 Å². The lowest BCUT2D eigenvalue weighted by molar-refractivity contribution is 0.219. The number of fused-ring (bicyclic) bond motifs is 1. The third-order valence-electron chi connectivity index (χ3n) is 3.96. The van der Waals surface area contributed by atoms with Gasteiger partial charge in [0.25, 0.3) is 0 Å². The van der Waals surface area contributed by atoms with E-state index in [0.717, 1.165) is 38.4 Å². The summed E-state index contributed by atoms with van der Waals surface area (Å²) in [7, 11) is 0. The van der Waals surface area contributed by atoms with Gasteiger partial charge in [-0.2, -0.15) is 0 Å². The fraction of sp³-hybridized carbons (Fsp3) is 0.333. The number of hydrogen-bond acceptors (Lipinski definition) is 3. The van der Waals surface area contributed by atoms with Gasteiger partial charge in [0.2, 0.25) is 0 Å². The van der Waals surface area contributed by atoms with Gasteiger partial charge in [-0.25, -0.2) is 0 Å². The summed E-state index contributed by atoms with van der Waals surface area (Å²) in [5.74, 6) is 1.02. The van der Waals surface area contributed by atoms with Crippen molar-refractivity contribution in [2.24, 2.45) is 5.73 Å². The molecule has 3 rings (SSSR count). The molecule has 0 atom stereocenters. The number of nitrogens with zero attached hydrogens (tertiary/aromatic N) is 1. The summed E-state index contributed by atoms with van der Waals surface area (Å²) in [6.07, 6.45) is 0.942. The molecular formula is C18H22N2O. The number of rotatable bonds is 4. The lowest BCUT2D eigenvalue weighted by Crippen LogP contribution is -2.26. The summed E-state index contributed by atoms with van der Waals surface area (Å²) in [6, 6.07) is 16.9. The maximum Gasteiger partial charge on any atom is 0.123 e. The first-order chi connectivity index (χ1) is 10.4. The van der Waals surface area contributed by atoms with E-state index in [0.29, 0.717) is 6.54 Å². The van der Waals surface area contributed by atoms with E-state index in [9.17, 15) is 0 Å². The molecule has 0 radical (unpaired) electrons. The minimum absolute atomic E-state index is 0.697. The van der Waals surface area contributed by atoms with Gasteiger partial charge in [-0.15, -0.1) is 0 Å². The van der Waals surface area contributed by atoms with Crippen LogP contribution in [-0.4, -0.2) is 24.6 Å². The zero-order chi connectivity index (χ0) is 14.5. The maximum absolute atomic E-state index is 5.83. The van der Waals surface area contributed by atoms with Gasteiger partial charge in [0.15, 0.2) is 0 Å². The largest absolute Gasteiger partial charge is 0.492 e. The Labute approximate surface area is 126 Å². The van der Waals surface area contributed by atoms with Crippen LogP contribution in [0.2, 0.25) is 0 Å². The molecule has 3 nitrogen and oxygen atoms in total. The Hall–Kier alpha value is -1.84. The van der Waals surface area contributed by atoms with Gasteiger partial charge in [-0.05, 0) is 30.2 Å². The molecule has 0 fully saturated rings. The van der Waals surface area contributed by atoms with E-state index < -0.39 is 0 Å². The second-order valence-corrected chi connectivity index (χ2v) is 5.47. The van der Waals surface area contributed by atoms with Crippen LogP contribution in [0.3, 0.4) is 0 Å². The van der Waals surface area contributed by atoms with Crippen LogP contribution in [-0.2, 0) is 19.5 Å². The van der Waals surface area contributed by atoms with Crippen molar-refractivity contribution >= 4 is 0 Å². The molecule has 0 amide bonds. The van der Waals surface area contributed by atoms with E-state index in [1.807, 2.05) is 6.07 Å². The zero-order valence-corrected chi connectivity index (χ0v) is 12.3. The summed E-state index contributed by atoms with van der Waals surface area (Å²) in [4.78, 5) is 2.45. The first-order valence-electron chi connectivity index (χ1n) is 7.57. The van der Waals surface area contributed by atoms with E-state index in [-0.39, 0.29) is 0 Å². The van der Waals surface area contributed by atoms with Crippen molar-refractivity contribution in [1.29, 1.82) is 0 Å². The van der Waals surface area contributed by atoms with Crippen molar-refractivity contribution in [2.75, 3.05) is 19.7 Å². The smallest absolute Gasteiger partial charge is 0.123 e. The number of benzene rings is 2. The van der Waals surface area contributed by atoms with E-state index in [1.165, 1.54) is 16.7 Å². The molecule has 3 heteroatoms. The lowest BCUT2D eigenvalue weighted by Gasteiger charge is -2.21. The molecule has 0 aliphatic carbocycles. The standard InChI is InChI=1S/C18H22N2O/c19-10-9-15-5-1-2-6-16(15)13-20-11-12-21-18-8-4-3-7-17(18)14-20/h1-8H,9-14,19H2. The third-order valence-corrected chi connectivity index (χ3v) is 3.96. The van der Waals surface area contributed by atoms with Crippen molar-refractivity contribution in [2.45, 2.75) is 19.5 Å². The molecule has 0 aromatic heterocycles. The molecule has 1 aliphatic heterocycles. The summed E-state index contributed by atoms with van der Waals surface area (Å²) in [5.41, 5.74) is 9.72. The molecule has 0 saturated heterocycles. The fourth-order valence-corrected chi connectivity index (χ4v) is 2.87. The molecule has 0 spiro atoms. The Morgan fingerprint density at radius 1 is 1.00 bits per heavy atom. The average molecular weight is 282 g/mol. The molecule has 1 heterocycles. The third kappa shape index (κ3) is 3.43. The van der Waals surface area contributed by atoms with Gasteiger partial charge in [0, 0.05) is 25.2 Å². The van der Waals surface area contributed by atoms with E-state index in [1.54, 1.807) is 0 Å². The SMILES string of the molecule is NCCc1ccccc1CN1CCOc2ccccc2C1. The second kappa shape index (κ2) is 6.74. The Morgan fingerprint density at radius 3 is 2.62 bits per heavy atom. The van der Waals surface area contributed by atoms with Gasteiger partial charge < -0.3 is 10.5 Å². The second-order valence-electron chi connectivity index (χ2n) is 5.47. The van der Waals surface area contributed by atoms with Gasteiger partial charge in [0.1, 0.15) is 12.4 Å². The van der Waals surface area contributed by atoms with E-state index >= 15 is 0 Å². The molecule has 2 N–H and O–H groups in total. The summed E-state index contributed by atoms with van der Waals surface area (Å²) >= 11 is 0. The zero-order valence-electron chi connectivity index (χ0n) is 12.3. The van der Waals surface area contributed by atoms with Crippen molar-refractivity contribution in [3.8, 4) is 5.75 Å². The van der Waals surface area contributed by atoms with Crippen LogP contribution in [0.4, 0.5) is 0 Å². The molecule has 2 aromatic carbocycles. The van der Waals surface area contributed by atoms with E-state index in [4.69, 9.17) is 10.5 Å². The minimum Gasteiger partial charge on any atom is -0.492 e. The number of para-hydroxylation sites is 1. The first kappa shape index (κ1) is 14.1. The number of ether oxygens (including phenoxy) is 1. The highest BCUT2D eigenvalue weighted by molar-refractivity contribution is 5.34. The van der Waals surface area contributed by atoms with Crippen LogP contribution in [0.25, 0.3) is 0 Å². The minimum atomic E-state index is 0.697. The van der Waals surface area contributed by atoms with Gasteiger partial charge in [-0.1, -0.05) is 42.5 Å². The summed E-state index contributed by atoms with van der Waals surface area (Å²) < 4.78 is 5.83. The molecule has 0 unspecified atom stereocenters. The van der Waals surface area contributed by atoms with Gasteiger partial charge >= 0.3 is 0 Å². The summed E-state index contributed by atoms with van der Waals surface area (Å²) in [6.45, 7) is 4.28. The number of nitrogens with two attached hydrogens (primary N) is 1. The van der Waals surface area contributed by atoms with Crippen LogP contribution < -0.4 is 10.5 Å². The Kier molecular flexibility index (Phi) is 4.53. The summed E-state index contributed by atoms with van der Waals surface area (Å²) in [5, 5.41) is 0. The fourth-order valence-electron chi connectivity index (χ4n) is 2.87. The molecule has 0 bridgehead atoms. The van der Waals surface area contributed by atoms with Crippen LogP contribution in [0, 0.1) is 0 Å². The highest BCUT2D eigenvalue weighted by atomic mass is 16.5. The normalized spacial score (nSPS) is 15.1. The van der Waals surface area contributed by atoms with Crippen molar-refractivity contribution in [3.63, 3.8) is 0 Å². The highest BCUT2D eigenvalue weighted by Crippen LogP contribution is 2.24. The lowest BCUT2D eigenvalue weighted by atomic mass is 10.0. The number of hydrogen-bond donors (Lipinski definition) is 1. The molecule has 0 saturated carbocycles. The maximum atomic E-state index is 5.83. The van der Waals surface area contributed by atoms with Crippen LogP contribution in [0.15, 0.2) is 48.5 Å². The van der Waals surface area contributed by atoms with Gasteiger partial charge in [0.05, 0.1) is 0 Å². The van der Waals surface area contributed by atoms with Crippen molar-refractivity contribution in [3.05, 3.63) is 65.2 Å². The van der Waals surface area contributed by atoms with Crippen LogP contribution in [0.5, 0.6) is 5.75 Å². The topological polar surface area (TPSA) is 38.5 Å². The van der Waals surface area contributed by atoms with Crippen LogP contribution >= 0.6 is 0 Å². The molecule has 2 aromatic rings. The average Bonchev–Trinajstić information content (AvgIpc) is 2.71.